The van der Waals surface area contributed by atoms with Crippen LogP contribution in [0.3, 0.4) is 0 Å². The lowest BCUT2D eigenvalue weighted by molar-refractivity contribution is 0.300. The van der Waals surface area contributed by atoms with E-state index in [2.05, 4.69) is 28.9 Å². The summed E-state index contributed by atoms with van der Waals surface area (Å²) in [5.41, 5.74) is 0.432. The molecule has 2 heterocycles. The number of rotatable bonds is 5. The Morgan fingerprint density at radius 1 is 1.35 bits per heavy atom. The Morgan fingerprint density at radius 3 is 2.71 bits per heavy atom. The molecule has 0 radical (unpaired) electrons. The van der Waals surface area contributed by atoms with Crippen LogP contribution in [-0.2, 0) is 6.42 Å². The van der Waals surface area contributed by atoms with Crippen LogP contribution in [0.25, 0.3) is 0 Å². The minimum Gasteiger partial charge on any atom is -0.408 e. The molecule has 0 spiro atoms. The zero-order valence-corrected chi connectivity index (χ0v) is 11.3. The van der Waals surface area contributed by atoms with Gasteiger partial charge in [-0.1, -0.05) is 18.9 Å². The SMILES string of the molecule is CCC1(CC)CCN(c2nnc(CCCl)o2)C1. The maximum absolute atomic E-state index is 5.65. The van der Waals surface area contributed by atoms with E-state index in [1.54, 1.807) is 0 Å². The first kappa shape index (κ1) is 12.7. The van der Waals surface area contributed by atoms with E-state index in [0.29, 0.717) is 29.6 Å². The number of aromatic nitrogens is 2. The van der Waals surface area contributed by atoms with Crippen molar-refractivity contribution in [2.75, 3.05) is 23.9 Å². The summed E-state index contributed by atoms with van der Waals surface area (Å²) in [6, 6.07) is 0.661. The highest BCUT2D eigenvalue weighted by atomic mass is 35.5. The first-order valence-electron chi connectivity index (χ1n) is 6.36. The monoisotopic (exact) mass is 257 g/mol. The number of hydrogen-bond donors (Lipinski definition) is 0. The molecule has 0 bridgehead atoms. The Balaban J connectivity index is 2.04. The summed E-state index contributed by atoms with van der Waals surface area (Å²) < 4.78 is 5.61. The molecule has 0 aromatic carbocycles. The van der Waals surface area contributed by atoms with Crippen LogP contribution in [0.15, 0.2) is 4.42 Å². The summed E-state index contributed by atoms with van der Waals surface area (Å²) in [5, 5.41) is 8.11. The Labute approximate surface area is 107 Å². The standard InChI is InChI=1S/C12H20ClN3O/c1-3-12(4-2)6-8-16(9-12)11-15-14-10(17-11)5-7-13/h3-9H2,1-2H3. The molecule has 1 saturated heterocycles. The van der Waals surface area contributed by atoms with Crippen LogP contribution in [-0.4, -0.2) is 29.2 Å². The average Bonchev–Trinajstić information content (AvgIpc) is 2.96. The summed E-state index contributed by atoms with van der Waals surface area (Å²) in [4.78, 5) is 2.21. The van der Waals surface area contributed by atoms with E-state index in [0.717, 1.165) is 13.1 Å². The van der Waals surface area contributed by atoms with Gasteiger partial charge in [-0.2, -0.15) is 0 Å². The van der Waals surface area contributed by atoms with Gasteiger partial charge in [0.15, 0.2) is 0 Å². The summed E-state index contributed by atoms with van der Waals surface area (Å²) in [6.45, 7) is 6.58. The molecule has 96 valence electrons. The first-order chi connectivity index (χ1) is 8.23. The highest BCUT2D eigenvalue weighted by molar-refractivity contribution is 6.17. The van der Waals surface area contributed by atoms with Gasteiger partial charge in [0.25, 0.3) is 0 Å². The zero-order chi connectivity index (χ0) is 12.3. The largest absolute Gasteiger partial charge is 0.408 e. The highest BCUT2D eigenvalue weighted by Crippen LogP contribution is 2.38. The van der Waals surface area contributed by atoms with Crippen LogP contribution >= 0.6 is 11.6 Å². The van der Waals surface area contributed by atoms with Gasteiger partial charge in [-0.15, -0.1) is 16.7 Å². The van der Waals surface area contributed by atoms with Gasteiger partial charge >= 0.3 is 6.01 Å². The van der Waals surface area contributed by atoms with E-state index < -0.39 is 0 Å². The Hall–Kier alpha value is -0.770. The molecule has 1 aliphatic heterocycles. The van der Waals surface area contributed by atoms with Crippen molar-refractivity contribution in [3.05, 3.63) is 5.89 Å². The van der Waals surface area contributed by atoms with Gasteiger partial charge in [0.1, 0.15) is 0 Å². The molecule has 2 rings (SSSR count). The molecule has 0 amide bonds. The lowest BCUT2D eigenvalue weighted by Crippen LogP contribution is -2.26. The van der Waals surface area contributed by atoms with E-state index in [9.17, 15) is 0 Å². The summed E-state index contributed by atoms with van der Waals surface area (Å²) in [5.74, 6) is 1.16. The number of hydrogen-bond acceptors (Lipinski definition) is 4. The molecule has 1 aromatic rings. The van der Waals surface area contributed by atoms with Crippen molar-refractivity contribution in [1.82, 2.24) is 10.2 Å². The third kappa shape index (κ3) is 2.57. The number of anilines is 1. The van der Waals surface area contributed by atoms with E-state index in [4.69, 9.17) is 16.0 Å². The van der Waals surface area contributed by atoms with Gasteiger partial charge in [0.05, 0.1) is 0 Å². The van der Waals surface area contributed by atoms with Crippen molar-refractivity contribution in [2.45, 2.75) is 39.5 Å². The molecule has 0 saturated carbocycles. The molecular formula is C12H20ClN3O. The predicted molar refractivity (Wildman–Crippen MR) is 68.6 cm³/mol. The number of halogens is 1. The van der Waals surface area contributed by atoms with Crippen LogP contribution in [0.4, 0.5) is 6.01 Å². The topological polar surface area (TPSA) is 42.2 Å². The van der Waals surface area contributed by atoms with Crippen LogP contribution in [0.5, 0.6) is 0 Å². The predicted octanol–water partition coefficient (Wildman–Crippen LogP) is 2.87. The normalized spacial score (nSPS) is 18.9. The molecule has 0 aliphatic carbocycles. The Morgan fingerprint density at radius 2 is 2.12 bits per heavy atom. The molecule has 17 heavy (non-hydrogen) atoms. The maximum Gasteiger partial charge on any atom is 0.318 e. The quantitative estimate of drug-likeness (QED) is 0.761. The second-order valence-electron chi connectivity index (χ2n) is 4.80. The van der Waals surface area contributed by atoms with E-state index >= 15 is 0 Å². The van der Waals surface area contributed by atoms with Crippen LogP contribution < -0.4 is 4.90 Å². The van der Waals surface area contributed by atoms with Crippen LogP contribution in [0, 0.1) is 5.41 Å². The van der Waals surface area contributed by atoms with Crippen molar-refractivity contribution in [3.63, 3.8) is 0 Å². The Kier molecular flexibility index (Phi) is 3.92. The minimum atomic E-state index is 0.432. The molecule has 1 fully saturated rings. The van der Waals surface area contributed by atoms with Crippen molar-refractivity contribution >= 4 is 17.6 Å². The van der Waals surface area contributed by atoms with E-state index in [1.165, 1.54) is 19.3 Å². The summed E-state index contributed by atoms with van der Waals surface area (Å²) >= 11 is 5.65. The fourth-order valence-electron chi connectivity index (χ4n) is 2.48. The zero-order valence-electron chi connectivity index (χ0n) is 10.6. The van der Waals surface area contributed by atoms with Gasteiger partial charge in [-0.3, -0.25) is 0 Å². The van der Waals surface area contributed by atoms with Gasteiger partial charge in [0.2, 0.25) is 5.89 Å². The molecule has 5 heteroatoms. The molecule has 0 unspecified atom stereocenters. The molecular weight excluding hydrogens is 238 g/mol. The van der Waals surface area contributed by atoms with Gasteiger partial charge in [-0.05, 0) is 24.7 Å². The molecule has 1 aliphatic rings. The maximum atomic E-state index is 5.65. The third-order valence-electron chi connectivity index (χ3n) is 3.97. The lowest BCUT2D eigenvalue weighted by atomic mass is 9.82. The summed E-state index contributed by atoms with van der Waals surface area (Å²) in [7, 11) is 0. The van der Waals surface area contributed by atoms with Crippen molar-refractivity contribution in [2.24, 2.45) is 5.41 Å². The summed E-state index contributed by atoms with van der Waals surface area (Å²) in [6.07, 6.45) is 4.29. The van der Waals surface area contributed by atoms with E-state index in [-0.39, 0.29) is 0 Å². The van der Waals surface area contributed by atoms with Gasteiger partial charge < -0.3 is 9.32 Å². The fourth-order valence-corrected chi connectivity index (χ4v) is 2.64. The molecule has 0 N–H and O–H groups in total. The van der Waals surface area contributed by atoms with Crippen molar-refractivity contribution in [1.29, 1.82) is 0 Å². The fraction of sp³-hybridized carbons (Fsp3) is 0.833. The third-order valence-corrected chi connectivity index (χ3v) is 4.16. The van der Waals surface area contributed by atoms with Crippen molar-refractivity contribution in [3.8, 4) is 0 Å². The second kappa shape index (κ2) is 5.25. The number of aryl methyl sites for hydroxylation is 1. The highest BCUT2D eigenvalue weighted by Gasteiger charge is 2.36. The van der Waals surface area contributed by atoms with Gasteiger partial charge in [-0.25, -0.2) is 0 Å². The average molecular weight is 258 g/mol. The number of nitrogens with zero attached hydrogens (tertiary/aromatic N) is 3. The molecule has 4 nitrogen and oxygen atoms in total. The number of alkyl halides is 1. The Bertz CT molecular complexity index is 362. The van der Waals surface area contributed by atoms with E-state index in [1.807, 2.05) is 0 Å². The van der Waals surface area contributed by atoms with Crippen LogP contribution in [0.2, 0.25) is 0 Å². The minimum absolute atomic E-state index is 0.432. The van der Waals surface area contributed by atoms with Crippen LogP contribution in [0.1, 0.15) is 39.0 Å². The lowest BCUT2D eigenvalue weighted by Gasteiger charge is -2.25. The smallest absolute Gasteiger partial charge is 0.318 e. The van der Waals surface area contributed by atoms with Gasteiger partial charge in [0, 0.05) is 25.4 Å². The first-order valence-corrected chi connectivity index (χ1v) is 6.90. The van der Waals surface area contributed by atoms with Crippen molar-refractivity contribution < 1.29 is 4.42 Å². The second-order valence-corrected chi connectivity index (χ2v) is 5.17. The molecule has 0 atom stereocenters. The molecule has 1 aromatic heterocycles.